The molecule has 1 fully saturated rings. The van der Waals surface area contributed by atoms with E-state index in [1.807, 2.05) is 91.1 Å². The number of rotatable bonds is 8. The number of carbonyl (C=O) groups is 2. The van der Waals surface area contributed by atoms with Crippen LogP contribution in [-0.2, 0) is 16.0 Å². The number of para-hydroxylation sites is 2. The third-order valence-corrected chi connectivity index (χ3v) is 7.43. The summed E-state index contributed by atoms with van der Waals surface area (Å²) in [6.45, 7) is 0. The summed E-state index contributed by atoms with van der Waals surface area (Å²) >= 11 is 6.58. The van der Waals surface area contributed by atoms with E-state index < -0.39 is 17.9 Å². The lowest BCUT2D eigenvalue weighted by Gasteiger charge is -2.23. The molecule has 38 heavy (non-hydrogen) atoms. The first-order valence-electron chi connectivity index (χ1n) is 11.8. The zero-order chi connectivity index (χ0) is 26.6. The standard InChI is InChI=1S/C29H23N3O4S2/c1-36-24-15-9-8-14-22(24)26-20(18-31(30-26)21-12-6-3-7-13-21)17-25-27(33)32(29(37)38-25)23(28(34)35)16-19-10-4-2-5-11-19/h2-15,17-18,23H,16H2,1H3,(H,34,35)/b25-17-/t23-/m1/s1. The van der Waals surface area contributed by atoms with Crippen LogP contribution in [0, 0.1) is 0 Å². The average Bonchev–Trinajstić information content (AvgIpc) is 3.48. The van der Waals surface area contributed by atoms with Gasteiger partial charge < -0.3 is 9.84 Å². The van der Waals surface area contributed by atoms with E-state index in [0.29, 0.717) is 21.9 Å². The number of ether oxygens (including phenoxy) is 1. The second-order valence-electron chi connectivity index (χ2n) is 8.51. The van der Waals surface area contributed by atoms with Crippen LogP contribution in [0.4, 0.5) is 0 Å². The highest BCUT2D eigenvalue weighted by Crippen LogP contribution is 2.38. The minimum atomic E-state index is -1.11. The highest BCUT2D eigenvalue weighted by molar-refractivity contribution is 8.26. The number of aliphatic carboxylic acids is 1. The Morgan fingerprint density at radius 3 is 2.39 bits per heavy atom. The van der Waals surface area contributed by atoms with Crippen molar-refractivity contribution < 1.29 is 19.4 Å². The second-order valence-corrected chi connectivity index (χ2v) is 10.2. The Bertz CT molecular complexity index is 1530. The number of thiocarbonyl (C=S) groups is 1. The van der Waals surface area contributed by atoms with Gasteiger partial charge in [0.05, 0.1) is 17.7 Å². The Morgan fingerprint density at radius 2 is 1.71 bits per heavy atom. The summed E-state index contributed by atoms with van der Waals surface area (Å²) in [5.74, 6) is -0.915. The Balaban J connectivity index is 1.55. The van der Waals surface area contributed by atoms with E-state index >= 15 is 0 Å². The number of nitrogens with zero attached hydrogens (tertiary/aromatic N) is 3. The first-order valence-corrected chi connectivity index (χ1v) is 13.0. The number of carbonyl (C=O) groups excluding carboxylic acids is 1. The molecule has 1 aliphatic heterocycles. The minimum absolute atomic E-state index is 0.147. The molecule has 0 radical (unpaired) electrons. The van der Waals surface area contributed by atoms with Crippen LogP contribution in [-0.4, -0.2) is 49.1 Å². The van der Waals surface area contributed by atoms with Crippen LogP contribution in [0.3, 0.4) is 0 Å². The molecule has 0 aliphatic carbocycles. The van der Waals surface area contributed by atoms with Crippen molar-refractivity contribution in [3.8, 4) is 22.7 Å². The molecule has 1 aliphatic rings. The number of carboxylic acid groups (broad SMARTS) is 1. The van der Waals surface area contributed by atoms with Gasteiger partial charge >= 0.3 is 5.97 Å². The highest BCUT2D eigenvalue weighted by atomic mass is 32.2. The number of hydrogen-bond donors (Lipinski definition) is 1. The largest absolute Gasteiger partial charge is 0.496 e. The summed E-state index contributed by atoms with van der Waals surface area (Å²) in [5, 5.41) is 14.8. The van der Waals surface area contributed by atoms with E-state index in [9.17, 15) is 14.7 Å². The fraction of sp³-hybridized carbons (Fsp3) is 0.103. The Labute approximate surface area is 229 Å². The molecule has 1 atom stereocenters. The zero-order valence-electron chi connectivity index (χ0n) is 20.4. The maximum Gasteiger partial charge on any atom is 0.327 e. The lowest BCUT2D eigenvalue weighted by molar-refractivity contribution is -0.145. The van der Waals surface area contributed by atoms with E-state index in [1.165, 1.54) is 4.90 Å². The number of methoxy groups -OCH3 is 1. The normalized spacial score (nSPS) is 15.2. The Hall–Kier alpha value is -4.21. The van der Waals surface area contributed by atoms with E-state index in [2.05, 4.69) is 0 Å². The van der Waals surface area contributed by atoms with Gasteiger partial charge in [-0.2, -0.15) is 5.10 Å². The summed E-state index contributed by atoms with van der Waals surface area (Å²) in [6, 6.07) is 25.2. The maximum atomic E-state index is 13.5. The number of amides is 1. The molecule has 190 valence electrons. The van der Waals surface area contributed by atoms with E-state index in [-0.39, 0.29) is 10.7 Å². The molecule has 7 nitrogen and oxygen atoms in total. The van der Waals surface area contributed by atoms with Crippen molar-refractivity contribution in [3.63, 3.8) is 0 Å². The van der Waals surface area contributed by atoms with E-state index in [4.69, 9.17) is 22.1 Å². The number of carboxylic acids is 1. The van der Waals surface area contributed by atoms with Gasteiger partial charge in [-0.25, -0.2) is 9.48 Å². The topological polar surface area (TPSA) is 84.7 Å². The molecule has 0 unspecified atom stereocenters. The van der Waals surface area contributed by atoms with Crippen molar-refractivity contribution in [3.05, 3.63) is 107 Å². The van der Waals surface area contributed by atoms with Crippen LogP contribution in [0.5, 0.6) is 5.75 Å². The van der Waals surface area contributed by atoms with Crippen molar-refractivity contribution in [1.82, 2.24) is 14.7 Å². The van der Waals surface area contributed by atoms with Crippen molar-refractivity contribution in [2.75, 3.05) is 7.11 Å². The monoisotopic (exact) mass is 541 g/mol. The van der Waals surface area contributed by atoms with Crippen LogP contribution >= 0.6 is 24.0 Å². The highest BCUT2D eigenvalue weighted by Gasteiger charge is 2.40. The van der Waals surface area contributed by atoms with E-state index in [1.54, 1.807) is 17.9 Å². The molecular weight excluding hydrogens is 518 g/mol. The average molecular weight is 542 g/mol. The quantitative estimate of drug-likeness (QED) is 0.235. The summed E-state index contributed by atoms with van der Waals surface area (Å²) in [7, 11) is 1.59. The van der Waals surface area contributed by atoms with Crippen LogP contribution in [0.1, 0.15) is 11.1 Å². The van der Waals surface area contributed by atoms with Gasteiger partial charge in [0.15, 0.2) is 0 Å². The lowest BCUT2D eigenvalue weighted by Crippen LogP contribution is -2.45. The zero-order valence-corrected chi connectivity index (χ0v) is 22.0. The molecule has 0 bridgehead atoms. The number of aromatic nitrogens is 2. The molecule has 5 rings (SSSR count). The van der Waals surface area contributed by atoms with E-state index in [0.717, 1.165) is 28.6 Å². The van der Waals surface area contributed by atoms with Gasteiger partial charge in [0, 0.05) is 23.7 Å². The Kier molecular flexibility index (Phi) is 7.39. The van der Waals surface area contributed by atoms with Crippen LogP contribution < -0.4 is 4.74 Å². The lowest BCUT2D eigenvalue weighted by atomic mass is 10.0. The predicted octanol–water partition coefficient (Wildman–Crippen LogP) is 5.45. The van der Waals surface area contributed by atoms with Gasteiger partial charge in [0.25, 0.3) is 5.91 Å². The van der Waals surface area contributed by atoms with Crippen molar-refractivity contribution in [1.29, 1.82) is 0 Å². The fourth-order valence-electron chi connectivity index (χ4n) is 4.27. The summed E-state index contributed by atoms with van der Waals surface area (Å²) in [6.07, 6.45) is 3.70. The molecule has 1 N–H and O–H groups in total. The van der Waals surface area contributed by atoms with Crippen molar-refractivity contribution in [2.45, 2.75) is 12.5 Å². The molecule has 0 saturated carbocycles. The smallest absolute Gasteiger partial charge is 0.327 e. The molecule has 9 heteroatoms. The number of hydrogen-bond acceptors (Lipinski definition) is 6. The van der Waals surface area contributed by atoms with Crippen LogP contribution in [0.15, 0.2) is 96.0 Å². The van der Waals surface area contributed by atoms with Gasteiger partial charge in [-0.15, -0.1) is 0 Å². The molecule has 3 aromatic carbocycles. The third kappa shape index (κ3) is 5.11. The number of benzene rings is 3. The second kappa shape index (κ2) is 11.0. The molecule has 1 amide bonds. The van der Waals surface area contributed by atoms with Crippen molar-refractivity contribution in [2.24, 2.45) is 0 Å². The maximum absolute atomic E-state index is 13.5. The molecule has 0 spiro atoms. The molecular formula is C29H23N3O4S2. The predicted molar refractivity (Wildman–Crippen MR) is 152 cm³/mol. The van der Waals surface area contributed by atoms with Gasteiger partial charge in [-0.3, -0.25) is 9.69 Å². The van der Waals surface area contributed by atoms with Gasteiger partial charge in [-0.1, -0.05) is 84.6 Å². The first-order chi connectivity index (χ1) is 18.5. The summed E-state index contributed by atoms with van der Waals surface area (Å²) in [4.78, 5) is 27.3. The molecule has 2 heterocycles. The van der Waals surface area contributed by atoms with Gasteiger partial charge in [-0.05, 0) is 35.9 Å². The van der Waals surface area contributed by atoms with Crippen LogP contribution in [0.25, 0.3) is 23.0 Å². The summed E-state index contributed by atoms with van der Waals surface area (Å²) < 4.78 is 7.52. The fourth-order valence-corrected chi connectivity index (χ4v) is 5.62. The first kappa shape index (κ1) is 25.4. The number of thioether (sulfide) groups is 1. The van der Waals surface area contributed by atoms with Gasteiger partial charge in [0.2, 0.25) is 0 Å². The van der Waals surface area contributed by atoms with Gasteiger partial charge in [0.1, 0.15) is 21.8 Å². The third-order valence-electron chi connectivity index (χ3n) is 6.10. The van der Waals surface area contributed by atoms with Crippen molar-refractivity contribution >= 4 is 46.3 Å². The SMILES string of the molecule is COc1ccccc1-c1nn(-c2ccccc2)cc1/C=C1\SC(=S)N([C@H](Cc2ccccc2)C(=O)O)C1=O. The minimum Gasteiger partial charge on any atom is -0.496 e. The summed E-state index contributed by atoms with van der Waals surface area (Å²) in [5.41, 5.74) is 3.72. The Morgan fingerprint density at radius 1 is 1.05 bits per heavy atom. The van der Waals surface area contributed by atoms with Crippen LogP contribution in [0.2, 0.25) is 0 Å². The molecule has 1 aromatic heterocycles. The molecule has 4 aromatic rings. The molecule has 1 saturated heterocycles.